The molecule has 0 amide bonds. The molecule has 1 heterocycles. The third-order valence-corrected chi connectivity index (χ3v) is 8.88. The van der Waals surface area contributed by atoms with Gasteiger partial charge < -0.3 is 9.47 Å². The highest BCUT2D eigenvalue weighted by molar-refractivity contribution is 6.10. The van der Waals surface area contributed by atoms with Crippen LogP contribution in [0.2, 0.25) is 0 Å². The molecular formula is C42H28N2. The topological polar surface area (TPSA) is 8.17 Å². The van der Waals surface area contributed by atoms with E-state index in [1.165, 1.54) is 65.5 Å². The maximum absolute atomic E-state index is 2.39. The van der Waals surface area contributed by atoms with E-state index in [9.17, 15) is 0 Å². The van der Waals surface area contributed by atoms with Gasteiger partial charge in [-0.3, -0.25) is 0 Å². The van der Waals surface area contributed by atoms with Gasteiger partial charge in [0, 0.05) is 33.2 Å². The molecule has 9 rings (SSSR count). The molecule has 0 unspecified atom stereocenters. The minimum Gasteiger partial charge on any atom is -0.310 e. The zero-order valence-corrected chi connectivity index (χ0v) is 24.1. The second-order valence-electron chi connectivity index (χ2n) is 11.5. The van der Waals surface area contributed by atoms with Crippen molar-refractivity contribution < 1.29 is 0 Å². The zero-order valence-electron chi connectivity index (χ0n) is 24.1. The molecule has 0 fully saturated rings. The Bertz CT molecular complexity index is 2450. The Kier molecular flexibility index (Phi) is 5.54. The van der Waals surface area contributed by atoms with Crippen molar-refractivity contribution in [1.82, 2.24) is 4.57 Å². The van der Waals surface area contributed by atoms with E-state index >= 15 is 0 Å². The standard InChI is InChI=1S/C42H28N2/c1-2-13-34(14-3-1)43(40-20-10-12-29-11-4-5-15-37(29)40)35-23-21-30-26-33-28-36(24-22-31(33)25-32(30)27-35)44-41-18-8-6-16-38(41)39-17-7-9-19-42(39)44/h1-28H. The monoisotopic (exact) mass is 560 g/mol. The van der Waals surface area contributed by atoms with E-state index in [1.54, 1.807) is 0 Å². The summed E-state index contributed by atoms with van der Waals surface area (Å²) >= 11 is 0. The van der Waals surface area contributed by atoms with Gasteiger partial charge in [0.2, 0.25) is 0 Å². The lowest BCUT2D eigenvalue weighted by Gasteiger charge is -2.27. The lowest BCUT2D eigenvalue weighted by atomic mass is 10.0. The first-order chi connectivity index (χ1) is 21.8. The third-order valence-electron chi connectivity index (χ3n) is 8.88. The molecule has 0 aliphatic carbocycles. The van der Waals surface area contributed by atoms with Crippen molar-refractivity contribution in [3.05, 3.63) is 170 Å². The SMILES string of the molecule is c1ccc(N(c2ccc3cc4cc(-n5c6ccccc6c6ccccc65)ccc4cc3c2)c2cccc3ccccc23)cc1. The fourth-order valence-electron chi connectivity index (χ4n) is 6.86. The van der Waals surface area contributed by atoms with E-state index in [1.807, 2.05) is 0 Å². The molecule has 2 heteroatoms. The summed E-state index contributed by atoms with van der Waals surface area (Å²) in [6, 6.07) is 61.5. The molecule has 44 heavy (non-hydrogen) atoms. The van der Waals surface area contributed by atoms with Crippen LogP contribution in [-0.2, 0) is 0 Å². The van der Waals surface area contributed by atoms with Crippen molar-refractivity contribution in [2.45, 2.75) is 0 Å². The van der Waals surface area contributed by atoms with E-state index in [4.69, 9.17) is 0 Å². The van der Waals surface area contributed by atoms with Crippen molar-refractivity contribution in [3.63, 3.8) is 0 Å². The quantitative estimate of drug-likeness (QED) is 0.194. The predicted molar refractivity (Wildman–Crippen MR) is 188 cm³/mol. The van der Waals surface area contributed by atoms with Crippen LogP contribution in [0.15, 0.2) is 170 Å². The van der Waals surface area contributed by atoms with Gasteiger partial charge in [-0.25, -0.2) is 0 Å². The van der Waals surface area contributed by atoms with E-state index in [0.717, 1.165) is 11.4 Å². The molecule has 0 aliphatic rings. The minimum absolute atomic E-state index is 1.14. The van der Waals surface area contributed by atoms with Gasteiger partial charge in [0.05, 0.1) is 16.7 Å². The number of hydrogen-bond acceptors (Lipinski definition) is 1. The number of aromatic nitrogens is 1. The summed E-state index contributed by atoms with van der Waals surface area (Å²) < 4.78 is 2.39. The molecule has 206 valence electrons. The smallest absolute Gasteiger partial charge is 0.0541 e. The normalized spacial score (nSPS) is 11.6. The molecule has 8 aromatic carbocycles. The van der Waals surface area contributed by atoms with Crippen LogP contribution in [0, 0.1) is 0 Å². The molecule has 0 spiro atoms. The molecule has 1 aromatic heterocycles. The summed E-state index contributed by atoms with van der Waals surface area (Å²) in [5, 5.41) is 9.94. The van der Waals surface area contributed by atoms with Crippen molar-refractivity contribution >= 4 is 71.2 Å². The number of hydrogen-bond donors (Lipinski definition) is 0. The van der Waals surface area contributed by atoms with Crippen LogP contribution in [-0.4, -0.2) is 4.57 Å². The first-order valence-electron chi connectivity index (χ1n) is 15.1. The van der Waals surface area contributed by atoms with Gasteiger partial charge in [0.15, 0.2) is 0 Å². The number of rotatable bonds is 4. The van der Waals surface area contributed by atoms with Gasteiger partial charge in [-0.15, -0.1) is 0 Å². The predicted octanol–water partition coefficient (Wildman–Crippen LogP) is 11.7. The maximum Gasteiger partial charge on any atom is 0.0541 e. The van der Waals surface area contributed by atoms with Gasteiger partial charge in [0.25, 0.3) is 0 Å². The molecule has 9 aromatic rings. The van der Waals surface area contributed by atoms with Gasteiger partial charge in [-0.1, -0.05) is 103 Å². The largest absolute Gasteiger partial charge is 0.310 e. The highest BCUT2D eigenvalue weighted by atomic mass is 15.1. The Balaban J connectivity index is 1.20. The van der Waals surface area contributed by atoms with E-state index in [2.05, 4.69) is 179 Å². The Morgan fingerprint density at radius 2 is 0.932 bits per heavy atom. The van der Waals surface area contributed by atoms with E-state index in [-0.39, 0.29) is 0 Å². The Labute approximate surface area is 255 Å². The number of fused-ring (bicyclic) bond motifs is 6. The van der Waals surface area contributed by atoms with Crippen LogP contribution in [0.4, 0.5) is 17.1 Å². The number of para-hydroxylation sites is 3. The average Bonchev–Trinajstić information content (AvgIpc) is 3.42. The fraction of sp³-hybridized carbons (Fsp3) is 0. The van der Waals surface area contributed by atoms with Crippen LogP contribution in [0.3, 0.4) is 0 Å². The Morgan fingerprint density at radius 3 is 1.68 bits per heavy atom. The van der Waals surface area contributed by atoms with Gasteiger partial charge >= 0.3 is 0 Å². The van der Waals surface area contributed by atoms with Crippen LogP contribution in [0.25, 0.3) is 59.8 Å². The fourth-order valence-corrected chi connectivity index (χ4v) is 6.86. The number of benzene rings is 8. The minimum atomic E-state index is 1.14. The summed E-state index contributed by atoms with van der Waals surface area (Å²) in [6.07, 6.45) is 0. The van der Waals surface area contributed by atoms with Crippen LogP contribution in [0.5, 0.6) is 0 Å². The molecule has 0 radical (unpaired) electrons. The summed E-state index contributed by atoms with van der Waals surface area (Å²) in [6.45, 7) is 0. The third kappa shape index (κ3) is 3.89. The average molecular weight is 561 g/mol. The summed E-state index contributed by atoms with van der Waals surface area (Å²) in [4.78, 5) is 2.37. The van der Waals surface area contributed by atoms with E-state index in [0.29, 0.717) is 0 Å². The first kappa shape index (κ1) is 24.7. The molecule has 0 atom stereocenters. The second kappa shape index (κ2) is 9.86. The molecule has 0 aliphatic heterocycles. The Morgan fingerprint density at radius 1 is 0.341 bits per heavy atom. The summed E-state index contributed by atoms with van der Waals surface area (Å²) in [5.74, 6) is 0. The highest BCUT2D eigenvalue weighted by Crippen LogP contribution is 2.40. The van der Waals surface area contributed by atoms with Crippen LogP contribution in [0.1, 0.15) is 0 Å². The molecule has 2 nitrogen and oxygen atoms in total. The molecule has 0 saturated heterocycles. The van der Waals surface area contributed by atoms with Crippen molar-refractivity contribution in [2.75, 3.05) is 4.90 Å². The summed E-state index contributed by atoms with van der Waals surface area (Å²) in [5.41, 5.74) is 7.09. The molecular weight excluding hydrogens is 532 g/mol. The van der Waals surface area contributed by atoms with E-state index < -0.39 is 0 Å². The van der Waals surface area contributed by atoms with Crippen LogP contribution >= 0.6 is 0 Å². The number of anilines is 3. The van der Waals surface area contributed by atoms with Crippen LogP contribution < -0.4 is 4.90 Å². The van der Waals surface area contributed by atoms with Crippen molar-refractivity contribution in [1.29, 1.82) is 0 Å². The van der Waals surface area contributed by atoms with Gasteiger partial charge in [-0.05, 0) is 93.7 Å². The van der Waals surface area contributed by atoms with Gasteiger partial charge in [-0.2, -0.15) is 0 Å². The molecule has 0 bridgehead atoms. The summed E-state index contributed by atoms with van der Waals surface area (Å²) in [7, 11) is 0. The first-order valence-corrected chi connectivity index (χ1v) is 15.1. The Hall–Kier alpha value is -5.86. The lowest BCUT2D eigenvalue weighted by molar-refractivity contribution is 1.19. The van der Waals surface area contributed by atoms with Crippen molar-refractivity contribution in [2.24, 2.45) is 0 Å². The number of nitrogens with zero attached hydrogens (tertiary/aromatic N) is 2. The maximum atomic E-state index is 2.39. The van der Waals surface area contributed by atoms with Gasteiger partial charge in [0.1, 0.15) is 0 Å². The highest BCUT2D eigenvalue weighted by Gasteiger charge is 2.16. The zero-order chi connectivity index (χ0) is 29.0. The lowest BCUT2D eigenvalue weighted by Crippen LogP contribution is -2.10. The molecule has 0 saturated carbocycles. The molecule has 0 N–H and O–H groups in total. The van der Waals surface area contributed by atoms with Crippen molar-refractivity contribution in [3.8, 4) is 5.69 Å². The second-order valence-corrected chi connectivity index (χ2v) is 11.5.